The van der Waals surface area contributed by atoms with Crippen molar-refractivity contribution in [2.24, 2.45) is 0 Å². The SMILES string of the molecule is CCCc1cc(C)nc(Br)n1. The number of aryl methyl sites for hydroxylation is 2. The van der Waals surface area contributed by atoms with Crippen LogP contribution in [0.5, 0.6) is 0 Å². The first-order valence-corrected chi connectivity index (χ1v) is 4.51. The number of nitrogens with zero attached hydrogens (tertiary/aromatic N) is 2. The second kappa shape index (κ2) is 3.81. The van der Waals surface area contributed by atoms with Gasteiger partial charge in [-0.05, 0) is 35.3 Å². The summed E-state index contributed by atoms with van der Waals surface area (Å²) in [5.74, 6) is 0. The highest BCUT2D eigenvalue weighted by Crippen LogP contribution is 2.07. The predicted molar refractivity (Wildman–Crippen MR) is 48.5 cm³/mol. The monoisotopic (exact) mass is 214 g/mol. The first kappa shape index (κ1) is 8.65. The van der Waals surface area contributed by atoms with Crippen LogP contribution in [0.25, 0.3) is 0 Å². The molecular weight excluding hydrogens is 204 g/mol. The molecule has 0 aliphatic heterocycles. The molecule has 0 spiro atoms. The Labute approximate surface area is 75.2 Å². The maximum absolute atomic E-state index is 4.23. The van der Waals surface area contributed by atoms with Crippen molar-refractivity contribution in [1.82, 2.24) is 9.97 Å². The molecule has 1 aromatic heterocycles. The minimum absolute atomic E-state index is 0.695. The Balaban J connectivity index is 2.89. The normalized spacial score (nSPS) is 10.1. The largest absolute Gasteiger partial charge is 0.228 e. The van der Waals surface area contributed by atoms with Crippen LogP contribution in [-0.2, 0) is 6.42 Å². The maximum atomic E-state index is 4.23. The van der Waals surface area contributed by atoms with Gasteiger partial charge in [-0.1, -0.05) is 13.3 Å². The first-order chi connectivity index (χ1) is 5.22. The number of aromatic nitrogens is 2. The van der Waals surface area contributed by atoms with E-state index in [2.05, 4.69) is 32.8 Å². The van der Waals surface area contributed by atoms with Gasteiger partial charge in [0.15, 0.2) is 4.73 Å². The second-order valence-corrected chi connectivity index (χ2v) is 3.23. The Morgan fingerprint density at radius 2 is 2.18 bits per heavy atom. The van der Waals surface area contributed by atoms with Crippen molar-refractivity contribution in [2.45, 2.75) is 26.7 Å². The fourth-order valence-electron chi connectivity index (χ4n) is 0.979. The molecule has 11 heavy (non-hydrogen) atoms. The van der Waals surface area contributed by atoms with Crippen LogP contribution < -0.4 is 0 Å². The molecule has 0 fully saturated rings. The fraction of sp³-hybridized carbons (Fsp3) is 0.500. The molecule has 1 aromatic rings. The lowest BCUT2D eigenvalue weighted by molar-refractivity contribution is 0.856. The highest BCUT2D eigenvalue weighted by Gasteiger charge is 1.97. The number of rotatable bonds is 2. The van der Waals surface area contributed by atoms with Crippen LogP contribution in [0.4, 0.5) is 0 Å². The molecule has 1 heterocycles. The van der Waals surface area contributed by atoms with E-state index in [0.29, 0.717) is 4.73 Å². The smallest absolute Gasteiger partial charge is 0.197 e. The van der Waals surface area contributed by atoms with Crippen LogP contribution in [0.1, 0.15) is 24.7 Å². The second-order valence-electron chi connectivity index (χ2n) is 2.52. The Bertz CT molecular complexity index is 228. The maximum Gasteiger partial charge on any atom is 0.197 e. The molecule has 0 saturated heterocycles. The van der Waals surface area contributed by atoms with Gasteiger partial charge in [0.05, 0.1) is 0 Å². The van der Waals surface area contributed by atoms with Gasteiger partial charge in [-0.3, -0.25) is 0 Å². The number of hydrogen-bond acceptors (Lipinski definition) is 2. The van der Waals surface area contributed by atoms with Gasteiger partial charge in [0.2, 0.25) is 0 Å². The van der Waals surface area contributed by atoms with Crippen LogP contribution in [-0.4, -0.2) is 9.97 Å². The summed E-state index contributed by atoms with van der Waals surface area (Å²) in [6.45, 7) is 4.12. The molecule has 1 rings (SSSR count). The Hall–Kier alpha value is -0.440. The van der Waals surface area contributed by atoms with Gasteiger partial charge in [0.25, 0.3) is 0 Å². The van der Waals surface area contributed by atoms with Crippen LogP contribution in [0, 0.1) is 6.92 Å². The van der Waals surface area contributed by atoms with Gasteiger partial charge >= 0.3 is 0 Å². The molecule has 60 valence electrons. The van der Waals surface area contributed by atoms with Crippen molar-refractivity contribution in [3.05, 3.63) is 22.2 Å². The van der Waals surface area contributed by atoms with Crippen molar-refractivity contribution in [2.75, 3.05) is 0 Å². The van der Waals surface area contributed by atoms with Crippen LogP contribution >= 0.6 is 15.9 Å². The highest BCUT2D eigenvalue weighted by atomic mass is 79.9. The van der Waals surface area contributed by atoms with Crippen molar-refractivity contribution in [3.8, 4) is 0 Å². The molecule has 0 atom stereocenters. The Kier molecular flexibility index (Phi) is 3.00. The van der Waals surface area contributed by atoms with Gasteiger partial charge in [0.1, 0.15) is 0 Å². The van der Waals surface area contributed by atoms with Crippen LogP contribution in [0.3, 0.4) is 0 Å². The molecule has 0 N–H and O–H groups in total. The molecular formula is C8H11BrN2. The first-order valence-electron chi connectivity index (χ1n) is 3.72. The van der Waals surface area contributed by atoms with Gasteiger partial charge in [-0.25, -0.2) is 9.97 Å². The number of halogens is 1. The Morgan fingerprint density at radius 1 is 1.45 bits per heavy atom. The van der Waals surface area contributed by atoms with E-state index in [1.54, 1.807) is 0 Å². The standard InChI is InChI=1S/C8H11BrN2/c1-3-4-7-5-6(2)10-8(9)11-7/h5H,3-4H2,1-2H3. The van der Waals surface area contributed by atoms with Gasteiger partial charge in [-0.15, -0.1) is 0 Å². The van der Waals surface area contributed by atoms with Crippen molar-refractivity contribution >= 4 is 15.9 Å². The summed E-state index contributed by atoms with van der Waals surface area (Å²) in [4.78, 5) is 8.35. The van der Waals surface area contributed by atoms with Crippen LogP contribution in [0.2, 0.25) is 0 Å². The average Bonchev–Trinajstić information content (AvgIpc) is 1.85. The molecule has 2 nitrogen and oxygen atoms in total. The van der Waals surface area contributed by atoms with E-state index in [1.807, 2.05) is 13.0 Å². The Morgan fingerprint density at radius 3 is 2.73 bits per heavy atom. The lowest BCUT2D eigenvalue weighted by Gasteiger charge is -1.99. The molecule has 0 amide bonds. The molecule has 0 saturated carbocycles. The summed E-state index contributed by atoms with van der Waals surface area (Å²) in [7, 11) is 0. The van der Waals surface area contributed by atoms with Crippen LogP contribution in [0.15, 0.2) is 10.8 Å². The van der Waals surface area contributed by atoms with Crippen molar-refractivity contribution in [1.29, 1.82) is 0 Å². The predicted octanol–water partition coefficient (Wildman–Crippen LogP) is 2.50. The van der Waals surface area contributed by atoms with E-state index in [0.717, 1.165) is 24.2 Å². The topological polar surface area (TPSA) is 25.8 Å². The molecule has 0 bridgehead atoms. The van der Waals surface area contributed by atoms with Crippen molar-refractivity contribution < 1.29 is 0 Å². The van der Waals surface area contributed by atoms with Gasteiger partial charge in [0, 0.05) is 11.4 Å². The molecule has 0 aromatic carbocycles. The molecule has 0 aliphatic rings. The quantitative estimate of drug-likeness (QED) is 0.708. The summed E-state index contributed by atoms with van der Waals surface area (Å²) in [6, 6.07) is 2.02. The lowest BCUT2D eigenvalue weighted by Crippen LogP contribution is -1.94. The fourth-order valence-corrected chi connectivity index (χ4v) is 1.49. The number of hydrogen-bond donors (Lipinski definition) is 0. The van der Waals surface area contributed by atoms with E-state index in [4.69, 9.17) is 0 Å². The summed E-state index contributed by atoms with van der Waals surface area (Å²) in [5.41, 5.74) is 2.14. The zero-order valence-electron chi connectivity index (χ0n) is 6.76. The summed E-state index contributed by atoms with van der Waals surface area (Å²) in [5, 5.41) is 0. The molecule has 0 aliphatic carbocycles. The van der Waals surface area contributed by atoms with E-state index >= 15 is 0 Å². The third kappa shape index (κ3) is 2.58. The third-order valence-corrected chi connectivity index (χ3v) is 1.74. The lowest BCUT2D eigenvalue weighted by atomic mass is 10.2. The van der Waals surface area contributed by atoms with Gasteiger partial charge in [-0.2, -0.15) is 0 Å². The highest BCUT2D eigenvalue weighted by molar-refractivity contribution is 9.10. The van der Waals surface area contributed by atoms with Crippen molar-refractivity contribution in [3.63, 3.8) is 0 Å². The summed E-state index contributed by atoms with van der Waals surface area (Å²) >= 11 is 3.26. The molecule has 0 radical (unpaired) electrons. The van der Waals surface area contributed by atoms with E-state index in [1.165, 1.54) is 0 Å². The molecule has 0 unspecified atom stereocenters. The molecule has 3 heteroatoms. The summed E-state index contributed by atoms with van der Waals surface area (Å²) in [6.07, 6.45) is 2.16. The zero-order chi connectivity index (χ0) is 8.27. The zero-order valence-corrected chi connectivity index (χ0v) is 8.35. The van der Waals surface area contributed by atoms with E-state index < -0.39 is 0 Å². The average molecular weight is 215 g/mol. The van der Waals surface area contributed by atoms with E-state index in [-0.39, 0.29) is 0 Å². The third-order valence-electron chi connectivity index (χ3n) is 1.39. The van der Waals surface area contributed by atoms with E-state index in [9.17, 15) is 0 Å². The minimum atomic E-state index is 0.695. The summed E-state index contributed by atoms with van der Waals surface area (Å²) < 4.78 is 0.695. The minimum Gasteiger partial charge on any atom is -0.228 e. The van der Waals surface area contributed by atoms with Gasteiger partial charge < -0.3 is 0 Å².